The van der Waals surface area contributed by atoms with E-state index in [9.17, 15) is 34.7 Å². The Kier molecular flexibility index (Phi) is 4.88. The van der Waals surface area contributed by atoms with Crippen molar-refractivity contribution in [2.75, 3.05) is 13.2 Å². The van der Waals surface area contributed by atoms with E-state index in [1.807, 2.05) is 6.08 Å². The predicted octanol–water partition coefficient (Wildman–Crippen LogP) is 0.472. The van der Waals surface area contributed by atoms with E-state index in [2.05, 4.69) is 0 Å². The lowest BCUT2D eigenvalue weighted by molar-refractivity contribution is -0.174. The van der Waals surface area contributed by atoms with Crippen LogP contribution >= 0.6 is 0 Å². The number of benzene rings is 1. The minimum atomic E-state index is -0.886. The molecule has 4 amide bonds. The highest BCUT2D eigenvalue weighted by Gasteiger charge is 2.62. The lowest BCUT2D eigenvalue weighted by Gasteiger charge is -2.44. The van der Waals surface area contributed by atoms with Gasteiger partial charge in [0.25, 0.3) is 23.6 Å². The number of imide groups is 2. The van der Waals surface area contributed by atoms with Crippen LogP contribution in [0.15, 0.2) is 35.9 Å². The van der Waals surface area contributed by atoms with E-state index < -0.39 is 59.1 Å². The lowest BCUT2D eigenvalue weighted by Crippen LogP contribution is -2.43. The standard InChI is InChI=1S/C22H22N2O8/c25-7-8-32-15-4-2-1-3-11(15)16-10-5-6-12-17(21(28)23(30)19(12)26)13(10)9-14-18(16)22(29)24(31)20(14)27/h1-5,12-14,16-18,25,30-31H,6-9H2. The van der Waals surface area contributed by atoms with Crippen molar-refractivity contribution in [2.24, 2.45) is 29.6 Å². The first-order valence-corrected chi connectivity index (χ1v) is 10.5. The van der Waals surface area contributed by atoms with Crippen LogP contribution in [-0.4, -0.2) is 62.5 Å². The second-order valence-corrected chi connectivity index (χ2v) is 8.61. The Bertz CT molecular complexity index is 1050. The summed E-state index contributed by atoms with van der Waals surface area (Å²) in [6, 6.07) is 6.93. The maximum Gasteiger partial charge on any atom is 0.258 e. The normalized spacial score (nSPS) is 33.8. The Balaban J connectivity index is 1.65. The molecule has 0 aromatic heterocycles. The Morgan fingerprint density at radius 1 is 0.875 bits per heavy atom. The van der Waals surface area contributed by atoms with Crippen LogP contribution in [0.1, 0.15) is 24.3 Å². The molecular weight excluding hydrogens is 420 g/mol. The fourth-order valence-corrected chi connectivity index (χ4v) is 5.93. The second kappa shape index (κ2) is 7.51. The van der Waals surface area contributed by atoms with Gasteiger partial charge in [0.05, 0.1) is 30.3 Å². The number of hydrogen-bond donors (Lipinski definition) is 3. The van der Waals surface area contributed by atoms with Gasteiger partial charge in [-0.3, -0.25) is 29.6 Å². The quantitative estimate of drug-likeness (QED) is 0.347. The first-order valence-electron chi connectivity index (χ1n) is 10.5. The lowest BCUT2D eigenvalue weighted by atomic mass is 9.57. The second-order valence-electron chi connectivity index (χ2n) is 8.61. The molecule has 6 atom stereocenters. The van der Waals surface area contributed by atoms with Crippen LogP contribution in [0, 0.1) is 29.6 Å². The molecule has 1 aromatic carbocycles. The molecule has 2 aliphatic carbocycles. The summed E-state index contributed by atoms with van der Waals surface area (Å²) < 4.78 is 5.68. The highest BCUT2D eigenvalue weighted by molar-refractivity contribution is 6.06. The third kappa shape index (κ3) is 2.76. The largest absolute Gasteiger partial charge is 0.491 e. The minimum absolute atomic E-state index is 0.0243. The number of fused-ring (bicyclic) bond motifs is 4. The number of hydroxylamine groups is 4. The van der Waals surface area contributed by atoms with Gasteiger partial charge < -0.3 is 9.84 Å². The molecule has 10 heteroatoms. The number of aliphatic hydroxyl groups excluding tert-OH is 1. The fourth-order valence-electron chi connectivity index (χ4n) is 5.93. The van der Waals surface area contributed by atoms with Gasteiger partial charge in [0.1, 0.15) is 12.4 Å². The van der Waals surface area contributed by atoms with Crippen LogP contribution in [0.3, 0.4) is 0 Å². The van der Waals surface area contributed by atoms with E-state index in [0.29, 0.717) is 11.3 Å². The summed E-state index contributed by atoms with van der Waals surface area (Å²) in [6.07, 6.45) is 2.15. The number of rotatable bonds is 4. The summed E-state index contributed by atoms with van der Waals surface area (Å²) in [6.45, 7) is -0.193. The zero-order chi connectivity index (χ0) is 22.7. The zero-order valence-corrected chi connectivity index (χ0v) is 17.0. The number of ether oxygens (including phenoxy) is 1. The van der Waals surface area contributed by atoms with Crippen LogP contribution in [0.5, 0.6) is 5.75 Å². The molecule has 168 valence electrons. The van der Waals surface area contributed by atoms with Crippen molar-refractivity contribution in [3.8, 4) is 5.75 Å². The highest BCUT2D eigenvalue weighted by atomic mass is 16.5. The molecule has 2 aliphatic heterocycles. The van der Waals surface area contributed by atoms with Gasteiger partial charge in [-0.1, -0.05) is 29.8 Å². The summed E-state index contributed by atoms with van der Waals surface area (Å²) in [7, 11) is 0. The van der Waals surface area contributed by atoms with Crippen LogP contribution in [0.25, 0.3) is 0 Å². The van der Waals surface area contributed by atoms with Gasteiger partial charge in [0, 0.05) is 11.5 Å². The molecule has 0 bridgehead atoms. The molecule has 3 N–H and O–H groups in total. The fraction of sp³-hybridized carbons (Fsp3) is 0.455. The molecule has 10 nitrogen and oxygen atoms in total. The number of carbonyl (C=O) groups excluding carboxylic acids is 4. The molecular formula is C22H22N2O8. The van der Waals surface area contributed by atoms with Crippen LogP contribution in [-0.2, 0) is 19.2 Å². The first-order chi connectivity index (χ1) is 15.4. The SMILES string of the molecule is O=C1C2CC=C3C(CC4C(=O)N(O)C(=O)C4C3c3ccccc3OCCO)C2C(=O)N1O. The van der Waals surface area contributed by atoms with Gasteiger partial charge in [-0.15, -0.1) is 0 Å². The minimum Gasteiger partial charge on any atom is -0.491 e. The molecule has 6 unspecified atom stereocenters. The number of para-hydroxylation sites is 1. The number of hydrogen-bond acceptors (Lipinski definition) is 8. The van der Waals surface area contributed by atoms with Gasteiger partial charge in [-0.2, -0.15) is 10.1 Å². The van der Waals surface area contributed by atoms with Crippen molar-refractivity contribution in [1.29, 1.82) is 0 Å². The van der Waals surface area contributed by atoms with Gasteiger partial charge in [-0.25, -0.2) is 0 Å². The maximum atomic E-state index is 12.9. The van der Waals surface area contributed by atoms with Crippen LogP contribution < -0.4 is 4.74 Å². The summed E-state index contributed by atoms with van der Waals surface area (Å²) in [4.78, 5) is 50.7. The Morgan fingerprint density at radius 2 is 1.53 bits per heavy atom. The number of amides is 4. The van der Waals surface area contributed by atoms with Crippen LogP contribution in [0.2, 0.25) is 0 Å². The number of allylic oxidation sites excluding steroid dienone is 2. The van der Waals surface area contributed by atoms with E-state index in [1.165, 1.54) is 0 Å². The van der Waals surface area contributed by atoms with E-state index in [1.54, 1.807) is 24.3 Å². The highest BCUT2D eigenvalue weighted by Crippen LogP contribution is 2.58. The Morgan fingerprint density at radius 3 is 2.25 bits per heavy atom. The molecule has 2 saturated heterocycles. The maximum absolute atomic E-state index is 12.9. The van der Waals surface area contributed by atoms with Crippen molar-refractivity contribution in [3.05, 3.63) is 41.5 Å². The summed E-state index contributed by atoms with van der Waals surface area (Å²) in [5, 5.41) is 29.5. The van der Waals surface area contributed by atoms with Crippen molar-refractivity contribution in [3.63, 3.8) is 0 Å². The van der Waals surface area contributed by atoms with E-state index in [4.69, 9.17) is 4.74 Å². The molecule has 2 heterocycles. The number of aliphatic hydroxyl groups is 1. The molecule has 1 aromatic rings. The third-order valence-corrected chi connectivity index (χ3v) is 7.20. The molecule has 0 spiro atoms. The van der Waals surface area contributed by atoms with E-state index >= 15 is 0 Å². The van der Waals surface area contributed by atoms with Crippen molar-refractivity contribution in [1.82, 2.24) is 10.1 Å². The number of carbonyl (C=O) groups is 4. The number of nitrogens with zero attached hydrogens (tertiary/aromatic N) is 2. The van der Waals surface area contributed by atoms with E-state index in [-0.39, 0.29) is 36.2 Å². The third-order valence-electron chi connectivity index (χ3n) is 7.20. The average molecular weight is 442 g/mol. The molecule has 32 heavy (non-hydrogen) atoms. The topological polar surface area (TPSA) is 145 Å². The van der Waals surface area contributed by atoms with Gasteiger partial charge in [-0.05, 0) is 24.8 Å². The molecule has 3 fully saturated rings. The van der Waals surface area contributed by atoms with Crippen molar-refractivity contribution < 1.29 is 39.4 Å². The van der Waals surface area contributed by atoms with Gasteiger partial charge >= 0.3 is 0 Å². The van der Waals surface area contributed by atoms with Crippen molar-refractivity contribution >= 4 is 23.6 Å². The molecule has 5 rings (SSSR count). The van der Waals surface area contributed by atoms with Crippen molar-refractivity contribution in [2.45, 2.75) is 18.8 Å². The van der Waals surface area contributed by atoms with Gasteiger partial charge in [0.15, 0.2) is 0 Å². The Hall–Kier alpha value is -3.08. The Labute approximate surface area is 182 Å². The smallest absolute Gasteiger partial charge is 0.258 e. The first kappa shape index (κ1) is 20.8. The van der Waals surface area contributed by atoms with E-state index in [0.717, 1.165) is 5.57 Å². The molecule has 0 radical (unpaired) electrons. The zero-order valence-electron chi connectivity index (χ0n) is 17.0. The predicted molar refractivity (Wildman–Crippen MR) is 104 cm³/mol. The monoisotopic (exact) mass is 442 g/mol. The molecule has 1 saturated carbocycles. The van der Waals surface area contributed by atoms with Crippen LogP contribution in [0.4, 0.5) is 0 Å². The summed E-state index contributed by atoms with van der Waals surface area (Å²) in [5.74, 6) is -6.96. The summed E-state index contributed by atoms with van der Waals surface area (Å²) >= 11 is 0. The average Bonchev–Trinajstić information content (AvgIpc) is 3.16. The van der Waals surface area contributed by atoms with Gasteiger partial charge in [0.2, 0.25) is 0 Å². The summed E-state index contributed by atoms with van der Waals surface area (Å²) in [5.41, 5.74) is 1.32. The molecule has 4 aliphatic rings.